The molecule has 5 heteroatoms. The summed E-state index contributed by atoms with van der Waals surface area (Å²) in [6.07, 6.45) is 2.63. The predicted octanol–water partition coefficient (Wildman–Crippen LogP) is 1.75. The Morgan fingerprint density at radius 1 is 1.60 bits per heavy atom. The molecule has 3 nitrogen and oxygen atoms in total. The molecule has 0 radical (unpaired) electrons. The normalized spacial score (nSPS) is 12.5. The lowest BCUT2D eigenvalue weighted by molar-refractivity contribution is 0.282. The second-order valence-electron chi connectivity index (χ2n) is 3.15. The first-order valence-electron chi connectivity index (χ1n) is 4.75. The zero-order valence-corrected chi connectivity index (χ0v) is 9.43. The molecule has 1 rings (SSSR count). The van der Waals surface area contributed by atoms with Crippen LogP contribution in [0.1, 0.15) is 6.42 Å². The fourth-order valence-electron chi connectivity index (χ4n) is 1.25. The Balaban J connectivity index is 2.56. The van der Waals surface area contributed by atoms with Crippen LogP contribution in [0.5, 0.6) is 0 Å². The number of nitrogens with zero attached hydrogens (tertiary/aromatic N) is 1. The summed E-state index contributed by atoms with van der Waals surface area (Å²) in [7, 11) is 0. The molecule has 15 heavy (non-hydrogen) atoms. The van der Waals surface area contributed by atoms with Crippen molar-refractivity contribution < 1.29 is 9.50 Å². The van der Waals surface area contributed by atoms with Crippen molar-refractivity contribution in [2.45, 2.75) is 12.5 Å². The van der Waals surface area contributed by atoms with E-state index in [1.807, 2.05) is 6.26 Å². The van der Waals surface area contributed by atoms with Gasteiger partial charge in [0.1, 0.15) is 5.82 Å². The number of aliphatic hydroxyl groups excluding tert-OH is 1. The van der Waals surface area contributed by atoms with Crippen LogP contribution in [0.25, 0.3) is 0 Å². The van der Waals surface area contributed by atoms with Crippen LogP contribution in [0, 0.1) is 5.95 Å². The summed E-state index contributed by atoms with van der Waals surface area (Å²) in [5, 5.41) is 11.9. The van der Waals surface area contributed by atoms with Crippen LogP contribution in [-0.2, 0) is 0 Å². The van der Waals surface area contributed by atoms with E-state index in [-0.39, 0.29) is 12.6 Å². The van der Waals surface area contributed by atoms with E-state index in [0.717, 1.165) is 5.75 Å². The van der Waals surface area contributed by atoms with E-state index in [2.05, 4.69) is 10.3 Å². The molecule has 84 valence electrons. The molecule has 2 N–H and O–H groups in total. The number of aliphatic hydroxyl groups is 1. The monoisotopic (exact) mass is 230 g/mol. The smallest absolute Gasteiger partial charge is 0.214 e. The van der Waals surface area contributed by atoms with Crippen molar-refractivity contribution in [3.05, 3.63) is 24.1 Å². The van der Waals surface area contributed by atoms with Gasteiger partial charge in [0, 0.05) is 18.4 Å². The van der Waals surface area contributed by atoms with Gasteiger partial charge in [0.2, 0.25) is 5.95 Å². The highest BCUT2D eigenvalue weighted by Gasteiger charge is 2.07. The largest absolute Gasteiger partial charge is 0.396 e. The highest BCUT2D eigenvalue weighted by atomic mass is 32.2. The van der Waals surface area contributed by atoms with E-state index in [1.54, 1.807) is 23.9 Å². The van der Waals surface area contributed by atoms with E-state index in [9.17, 15) is 4.39 Å². The summed E-state index contributed by atoms with van der Waals surface area (Å²) < 4.78 is 12.8. The number of anilines is 1. The Morgan fingerprint density at radius 3 is 3.00 bits per heavy atom. The number of aromatic nitrogens is 1. The van der Waals surface area contributed by atoms with Gasteiger partial charge in [-0.15, -0.1) is 0 Å². The minimum absolute atomic E-state index is 0.119. The highest BCUT2D eigenvalue weighted by molar-refractivity contribution is 7.98. The van der Waals surface area contributed by atoms with Crippen molar-refractivity contribution in [1.82, 2.24) is 4.98 Å². The average Bonchev–Trinajstić information content (AvgIpc) is 2.18. The van der Waals surface area contributed by atoms with Gasteiger partial charge in [0.05, 0.1) is 0 Å². The summed E-state index contributed by atoms with van der Waals surface area (Å²) in [6.45, 7) is 0.119. The maximum Gasteiger partial charge on any atom is 0.214 e. The Morgan fingerprint density at radius 2 is 2.40 bits per heavy atom. The van der Waals surface area contributed by atoms with E-state index in [0.29, 0.717) is 12.2 Å². The number of hydrogen-bond acceptors (Lipinski definition) is 4. The maximum absolute atomic E-state index is 12.8. The van der Waals surface area contributed by atoms with Gasteiger partial charge in [-0.2, -0.15) is 16.2 Å². The van der Waals surface area contributed by atoms with Crippen molar-refractivity contribution in [2.75, 3.05) is 23.9 Å². The molecule has 0 aliphatic carbocycles. The quantitative estimate of drug-likeness (QED) is 0.731. The van der Waals surface area contributed by atoms with Gasteiger partial charge >= 0.3 is 0 Å². The number of halogens is 1. The molecule has 0 fully saturated rings. The van der Waals surface area contributed by atoms with Crippen LogP contribution in [0.3, 0.4) is 0 Å². The van der Waals surface area contributed by atoms with Gasteiger partial charge in [0.25, 0.3) is 0 Å². The highest BCUT2D eigenvalue weighted by Crippen LogP contribution is 2.10. The summed E-state index contributed by atoms with van der Waals surface area (Å²) in [5.41, 5.74) is 0. The zero-order valence-electron chi connectivity index (χ0n) is 8.61. The molecule has 1 aromatic heterocycles. The molecule has 1 heterocycles. The Bertz CT molecular complexity index is 293. The van der Waals surface area contributed by atoms with Gasteiger partial charge in [-0.3, -0.25) is 0 Å². The third kappa shape index (κ3) is 4.48. The van der Waals surface area contributed by atoms with E-state index < -0.39 is 5.95 Å². The molecular formula is C10H15FN2OS. The maximum atomic E-state index is 12.8. The molecule has 0 aromatic carbocycles. The van der Waals surface area contributed by atoms with Crippen LogP contribution in [0.2, 0.25) is 0 Å². The molecule has 0 aliphatic heterocycles. The lowest BCUT2D eigenvalue weighted by Crippen LogP contribution is -2.24. The Hall–Kier alpha value is -0.810. The molecule has 0 amide bonds. The average molecular weight is 230 g/mol. The van der Waals surface area contributed by atoms with Crippen molar-refractivity contribution in [1.29, 1.82) is 0 Å². The lowest BCUT2D eigenvalue weighted by Gasteiger charge is -2.16. The van der Waals surface area contributed by atoms with E-state index in [4.69, 9.17) is 5.11 Å². The minimum Gasteiger partial charge on any atom is -0.396 e. The van der Waals surface area contributed by atoms with E-state index in [1.165, 1.54) is 6.07 Å². The molecule has 1 aromatic rings. The fourth-order valence-corrected chi connectivity index (χ4v) is 1.90. The number of nitrogens with one attached hydrogen (secondary N) is 1. The zero-order chi connectivity index (χ0) is 11.1. The molecule has 0 saturated heterocycles. The summed E-state index contributed by atoms with van der Waals surface area (Å²) >= 11 is 1.68. The van der Waals surface area contributed by atoms with E-state index >= 15 is 0 Å². The lowest BCUT2D eigenvalue weighted by atomic mass is 10.2. The van der Waals surface area contributed by atoms with Crippen molar-refractivity contribution in [3.8, 4) is 0 Å². The number of rotatable bonds is 6. The van der Waals surface area contributed by atoms with Crippen molar-refractivity contribution >= 4 is 17.6 Å². The predicted molar refractivity (Wildman–Crippen MR) is 61.7 cm³/mol. The second kappa shape index (κ2) is 6.63. The second-order valence-corrected chi connectivity index (χ2v) is 4.07. The Kier molecular flexibility index (Phi) is 5.42. The van der Waals surface area contributed by atoms with Crippen molar-refractivity contribution in [2.24, 2.45) is 0 Å². The minimum atomic E-state index is -0.494. The fraction of sp³-hybridized carbons (Fsp3) is 0.500. The van der Waals surface area contributed by atoms with Crippen LogP contribution >= 0.6 is 11.8 Å². The molecular weight excluding hydrogens is 215 g/mol. The van der Waals surface area contributed by atoms with Crippen LogP contribution in [-0.4, -0.2) is 34.7 Å². The number of pyridine rings is 1. The Labute approximate surface area is 93.1 Å². The summed E-state index contributed by atoms with van der Waals surface area (Å²) in [4.78, 5) is 3.71. The van der Waals surface area contributed by atoms with Crippen LogP contribution in [0.15, 0.2) is 18.2 Å². The molecule has 0 unspecified atom stereocenters. The summed E-state index contributed by atoms with van der Waals surface area (Å²) in [5.74, 6) is 0.882. The molecule has 0 spiro atoms. The number of hydrogen-bond donors (Lipinski definition) is 2. The SMILES string of the molecule is CSC[C@@H](CCO)Nc1cccc(F)n1. The molecule has 1 atom stereocenters. The van der Waals surface area contributed by atoms with Gasteiger partial charge in [0.15, 0.2) is 0 Å². The third-order valence-corrected chi connectivity index (χ3v) is 2.65. The number of thioether (sulfide) groups is 1. The topological polar surface area (TPSA) is 45.1 Å². The van der Waals surface area contributed by atoms with Gasteiger partial charge in [-0.25, -0.2) is 4.98 Å². The van der Waals surface area contributed by atoms with Crippen LogP contribution < -0.4 is 5.32 Å². The first kappa shape index (κ1) is 12.3. The van der Waals surface area contributed by atoms with Gasteiger partial charge in [-0.1, -0.05) is 6.07 Å². The van der Waals surface area contributed by atoms with Gasteiger partial charge < -0.3 is 10.4 Å². The molecule has 0 aliphatic rings. The van der Waals surface area contributed by atoms with Crippen LogP contribution in [0.4, 0.5) is 10.2 Å². The van der Waals surface area contributed by atoms with Crippen molar-refractivity contribution in [3.63, 3.8) is 0 Å². The summed E-state index contributed by atoms with van der Waals surface area (Å²) in [6, 6.07) is 4.76. The first-order valence-corrected chi connectivity index (χ1v) is 6.14. The molecule has 0 saturated carbocycles. The standard InChI is InChI=1S/C10H15FN2OS/c1-15-7-8(5-6-14)12-10-4-2-3-9(11)13-10/h2-4,8,14H,5-7H2,1H3,(H,12,13)/t8-/m1/s1. The van der Waals surface area contributed by atoms with Gasteiger partial charge in [-0.05, 0) is 24.8 Å². The third-order valence-electron chi connectivity index (χ3n) is 1.91. The first-order chi connectivity index (χ1) is 7.26. The molecule has 0 bridgehead atoms.